The fourth-order valence-corrected chi connectivity index (χ4v) is 2.24. The molecule has 0 saturated carbocycles. The number of halogens is 2. The van der Waals surface area contributed by atoms with Crippen LogP contribution < -0.4 is 4.74 Å². The predicted molar refractivity (Wildman–Crippen MR) is 56.5 cm³/mol. The van der Waals surface area contributed by atoms with Crippen molar-refractivity contribution in [2.24, 2.45) is 0 Å². The Morgan fingerprint density at radius 3 is 2.81 bits per heavy atom. The molecule has 0 aliphatic heterocycles. The van der Waals surface area contributed by atoms with E-state index < -0.39 is 6.43 Å². The monoisotopic (exact) mass is 243 g/mol. The molecule has 1 aromatic carbocycles. The summed E-state index contributed by atoms with van der Waals surface area (Å²) in [5.74, 6) is 0.336. The maximum absolute atomic E-state index is 12.5. The van der Waals surface area contributed by atoms with E-state index in [0.29, 0.717) is 27.8 Å². The normalized spacial score (nSPS) is 11.0. The van der Waals surface area contributed by atoms with Gasteiger partial charge in [0.25, 0.3) is 6.43 Å². The first-order valence-corrected chi connectivity index (χ1v) is 5.19. The summed E-state index contributed by atoms with van der Waals surface area (Å²) in [6.07, 6.45) is -1.97. The highest BCUT2D eigenvalue weighted by atomic mass is 32.1. The summed E-state index contributed by atoms with van der Waals surface area (Å²) in [5.41, 5.74) is 0.752. The van der Waals surface area contributed by atoms with Crippen LogP contribution in [-0.2, 0) is 0 Å². The van der Waals surface area contributed by atoms with Crippen molar-refractivity contribution >= 4 is 27.8 Å². The van der Waals surface area contributed by atoms with Gasteiger partial charge in [0.2, 0.25) is 0 Å². The van der Waals surface area contributed by atoms with Crippen LogP contribution >= 0.6 is 11.3 Å². The maximum atomic E-state index is 12.5. The highest BCUT2D eigenvalue weighted by Crippen LogP contribution is 2.34. The van der Waals surface area contributed by atoms with Crippen molar-refractivity contribution in [3.63, 3.8) is 0 Å². The average Bonchev–Trinajstić information content (AvgIpc) is 2.71. The van der Waals surface area contributed by atoms with Gasteiger partial charge < -0.3 is 4.74 Å². The minimum Gasteiger partial charge on any atom is -0.494 e. The smallest absolute Gasteiger partial charge is 0.289 e. The van der Waals surface area contributed by atoms with Gasteiger partial charge in [0, 0.05) is 5.56 Å². The number of alkyl halides is 2. The molecule has 0 atom stereocenters. The molecule has 1 aromatic heterocycles. The van der Waals surface area contributed by atoms with Gasteiger partial charge in [-0.25, -0.2) is 13.8 Å². The fourth-order valence-electron chi connectivity index (χ4n) is 1.35. The molecule has 2 rings (SSSR count). The average molecular weight is 243 g/mol. The molecule has 0 aliphatic carbocycles. The summed E-state index contributed by atoms with van der Waals surface area (Å²) in [6, 6.07) is 3.00. The van der Waals surface area contributed by atoms with E-state index in [1.807, 2.05) is 0 Å². The zero-order valence-corrected chi connectivity index (χ0v) is 9.05. The quantitative estimate of drug-likeness (QED) is 0.778. The Hall–Kier alpha value is -1.56. The Bertz CT molecular complexity index is 539. The lowest BCUT2D eigenvalue weighted by atomic mass is 10.2. The first kappa shape index (κ1) is 10.9. The van der Waals surface area contributed by atoms with E-state index >= 15 is 0 Å². The van der Waals surface area contributed by atoms with Crippen molar-refractivity contribution in [2.45, 2.75) is 6.43 Å². The lowest BCUT2D eigenvalue weighted by Gasteiger charge is -2.00. The zero-order valence-electron chi connectivity index (χ0n) is 8.24. The van der Waals surface area contributed by atoms with Crippen LogP contribution in [0.25, 0.3) is 10.2 Å². The number of rotatable bonds is 3. The highest BCUT2D eigenvalue weighted by molar-refractivity contribution is 7.18. The topological polar surface area (TPSA) is 39.2 Å². The number of hydrogen-bond acceptors (Lipinski definition) is 4. The van der Waals surface area contributed by atoms with Gasteiger partial charge >= 0.3 is 0 Å². The van der Waals surface area contributed by atoms with Crippen LogP contribution in [0.3, 0.4) is 0 Å². The Morgan fingerprint density at radius 1 is 1.50 bits per heavy atom. The van der Waals surface area contributed by atoms with Crippen LogP contribution in [0, 0.1) is 0 Å². The van der Waals surface area contributed by atoms with Gasteiger partial charge in [-0.15, -0.1) is 11.3 Å². The Labute approximate surface area is 93.7 Å². The Kier molecular flexibility index (Phi) is 2.82. The van der Waals surface area contributed by atoms with Gasteiger partial charge in [0.05, 0.1) is 11.8 Å². The Balaban J connectivity index is 2.69. The minimum atomic E-state index is -2.61. The molecular weight excluding hydrogens is 236 g/mol. The number of aldehydes is 1. The zero-order chi connectivity index (χ0) is 11.7. The van der Waals surface area contributed by atoms with E-state index in [-0.39, 0.29) is 5.01 Å². The molecule has 2 aromatic rings. The van der Waals surface area contributed by atoms with Gasteiger partial charge in [-0.3, -0.25) is 4.79 Å². The van der Waals surface area contributed by atoms with Crippen molar-refractivity contribution in [3.8, 4) is 5.75 Å². The van der Waals surface area contributed by atoms with Crippen molar-refractivity contribution in [1.82, 2.24) is 4.98 Å². The van der Waals surface area contributed by atoms with Crippen molar-refractivity contribution in [1.29, 1.82) is 0 Å². The molecule has 1 heterocycles. The lowest BCUT2D eigenvalue weighted by Crippen LogP contribution is -1.88. The van der Waals surface area contributed by atoms with Crippen LogP contribution in [0.15, 0.2) is 12.1 Å². The molecule has 84 valence electrons. The van der Waals surface area contributed by atoms with Crippen LogP contribution in [-0.4, -0.2) is 18.4 Å². The Morgan fingerprint density at radius 2 is 2.25 bits per heavy atom. The SMILES string of the molecule is COc1cc(C=O)cc2sc(C(F)F)nc12. The molecule has 0 spiro atoms. The molecule has 6 heteroatoms. The minimum absolute atomic E-state index is 0.267. The number of carbonyl (C=O) groups excluding carboxylic acids is 1. The van der Waals surface area contributed by atoms with Crippen molar-refractivity contribution < 1.29 is 18.3 Å². The standard InChI is InChI=1S/C10H7F2NO2S/c1-15-6-2-5(4-14)3-7-8(6)13-10(16-7)9(11)12/h2-4,9H,1H3. The van der Waals surface area contributed by atoms with Crippen LogP contribution in [0.4, 0.5) is 8.78 Å². The van der Waals surface area contributed by atoms with Gasteiger partial charge in [0.1, 0.15) is 17.6 Å². The second-order valence-electron chi connectivity index (χ2n) is 3.04. The number of aromatic nitrogens is 1. The molecule has 0 radical (unpaired) electrons. The lowest BCUT2D eigenvalue weighted by molar-refractivity contribution is 0.112. The third-order valence-corrected chi connectivity index (χ3v) is 3.05. The van der Waals surface area contributed by atoms with E-state index in [9.17, 15) is 13.6 Å². The fraction of sp³-hybridized carbons (Fsp3) is 0.200. The number of ether oxygens (including phenoxy) is 1. The molecule has 0 amide bonds. The van der Waals surface area contributed by atoms with E-state index in [2.05, 4.69) is 4.98 Å². The number of benzene rings is 1. The largest absolute Gasteiger partial charge is 0.494 e. The van der Waals surface area contributed by atoms with Gasteiger partial charge in [-0.05, 0) is 12.1 Å². The summed E-state index contributed by atoms with van der Waals surface area (Å²) < 4.78 is 30.5. The molecule has 16 heavy (non-hydrogen) atoms. The van der Waals surface area contributed by atoms with Crippen molar-refractivity contribution in [3.05, 3.63) is 22.7 Å². The summed E-state index contributed by atoms with van der Waals surface area (Å²) in [5, 5.41) is -0.267. The van der Waals surface area contributed by atoms with E-state index in [0.717, 1.165) is 11.3 Å². The summed E-state index contributed by atoms with van der Waals surface area (Å²) in [4.78, 5) is 14.4. The number of hydrogen-bond donors (Lipinski definition) is 0. The molecule has 0 saturated heterocycles. The maximum Gasteiger partial charge on any atom is 0.289 e. The highest BCUT2D eigenvalue weighted by Gasteiger charge is 2.16. The summed E-state index contributed by atoms with van der Waals surface area (Å²) in [7, 11) is 1.41. The number of fused-ring (bicyclic) bond motifs is 1. The number of carbonyl (C=O) groups is 1. The number of methoxy groups -OCH3 is 1. The van der Waals surface area contributed by atoms with E-state index in [1.54, 1.807) is 0 Å². The first-order valence-electron chi connectivity index (χ1n) is 4.37. The number of thiazole rings is 1. The van der Waals surface area contributed by atoms with Crippen LogP contribution in [0.2, 0.25) is 0 Å². The molecule has 0 unspecified atom stereocenters. The van der Waals surface area contributed by atoms with E-state index in [4.69, 9.17) is 4.74 Å². The molecular formula is C10H7F2NO2S. The van der Waals surface area contributed by atoms with Gasteiger partial charge in [0.15, 0.2) is 5.01 Å². The summed E-state index contributed by atoms with van der Waals surface area (Å²) in [6.45, 7) is 0. The van der Waals surface area contributed by atoms with E-state index in [1.165, 1.54) is 19.2 Å². The third-order valence-electron chi connectivity index (χ3n) is 2.04. The second-order valence-corrected chi connectivity index (χ2v) is 4.10. The van der Waals surface area contributed by atoms with Gasteiger partial charge in [-0.2, -0.15) is 0 Å². The van der Waals surface area contributed by atoms with Crippen molar-refractivity contribution in [2.75, 3.05) is 7.11 Å². The van der Waals surface area contributed by atoms with Crippen LogP contribution in [0.1, 0.15) is 21.8 Å². The molecule has 0 N–H and O–H groups in total. The third kappa shape index (κ3) is 1.76. The predicted octanol–water partition coefficient (Wildman–Crippen LogP) is 3.06. The van der Waals surface area contributed by atoms with Gasteiger partial charge in [-0.1, -0.05) is 0 Å². The number of nitrogens with zero attached hydrogens (tertiary/aromatic N) is 1. The second kappa shape index (κ2) is 4.13. The molecule has 0 bridgehead atoms. The van der Waals surface area contributed by atoms with Crippen LogP contribution in [0.5, 0.6) is 5.75 Å². The summed E-state index contributed by atoms with van der Waals surface area (Å²) >= 11 is 0.864. The first-order chi connectivity index (χ1) is 7.65. The molecule has 3 nitrogen and oxygen atoms in total. The molecule has 0 fully saturated rings. The molecule has 0 aliphatic rings.